The number of nitrogens with one attached hydrogen (secondary N) is 2. The zero-order chi connectivity index (χ0) is 22.3. The Labute approximate surface area is 192 Å². The number of ether oxygens (including phenoxy) is 1. The molecule has 168 valence electrons. The molecule has 31 heavy (non-hydrogen) atoms. The van der Waals surface area contributed by atoms with E-state index in [0.717, 1.165) is 45.7 Å². The van der Waals surface area contributed by atoms with Crippen molar-refractivity contribution < 1.29 is 17.9 Å². The van der Waals surface area contributed by atoms with Crippen molar-refractivity contribution in [3.63, 3.8) is 0 Å². The van der Waals surface area contributed by atoms with Crippen molar-refractivity contribution in [1.82, 2.24) is 10.2 Å². The van der Waals surface area contributed by atoms with Crippen molar-refractivity contribution in [3.05, 3.63) is 58.1 Å². The maximum atomic E-state index is 12.7. The van der Waals surface area contributed by atoms with E-state index in [1.165, 1.54) is 24.3 Å². The van der Waals surface area contributed by atoms with Gasteiger partial charge < -0.3 is 10.1 Å². The number of benzene rings is 2. The number of amides is 1. The molecule has 0 aliphatic carbocycles. The summed E-state index contributed by atoms with van der Waals surface area (Å²) in [6, 6.07) is 10.5. The van der Waals surface area contributed by atoms with Gasteiger partial charge in [0.2, 0.25) is 0 Å². The molecule has 0 saturated carbocycles. The number of carbonyl (C=O) groups excluding carboxylic acids is 1. The van der Waals surface area contributed by atoms with E-state index >= 15 is 0 Å². The van der Waals surface area contributed by atoms with Crippen molar-refractivity contribution >= 4 is 44.8 Å². The second-order valence-corrected chi connectivity index (χ2v) is 9.67. The molecular formula is C21H25Cl2N3O4S. The third kappa shape index (κ3) is 7.08. The van der Waals surface area contributed by atoms with Gasteiger partial charge in [0.1, 0.15) is 4.90 Å². The Balaban J connectivity index is 1.53. The number of unbranched alkanes of at least 4 members (excludes halogenated alkanes) is 1. The van der Waals surface area contributed by atoms with Crippen LogP contribution in [0.25, 0.3) is 0 Å². The van der Waals surface area contributed by atoms with Crippen molar-refractivity contribution in [2.45, 2.75) is 17.7 Å². The lowest BCUT2D eigenvalue weighted by Crippen LogP contribution is -2.37. The van der Waals surface area contributed by atoms with Crippen molar-refractivity contribution in [1.29, 1.82) is 0 Å². The van der Waals surface area contributed by atoms with Crippen LogP contribution in [0, 0.1) is 0 Å². The zero-order valence-corrected chi connectivity index (χ0v) is 19.3. The van der Waals surface area contributed by atoms with E-state index in [4.69, 9.17) is 27.9 Å². The third-order valence-electron chi connectivity index (χ3n) is 4.85. The Kier molecular flexibility index (Phi) is 8.57. The van der Waals surface area contributed by atoms with E-state index in [2.05, 4.69) is 14.9 Å². The average Bonchev–Trinajstić information content (AvgIpc) is 2.75. The first-order valence-corrected chi connectivity index (χ1v) is 12.3. The van der Waals surface area contributed by atoms with Gasteiger partial charge >= 0.3 is 0 Å². The molecular weight excluding hydrogens is 461 g/mol. The van der Waals surface area contributed by atoms with Gasteiger partial charge in [-0.3, -0.25) is 14.4 Å². The first kappa shape index (κ1) is 23.8. The number of carbonyl (C=O) groups is 1. The fourth-order valence-corrected chi connectivity index (χ4v) is 5.02. The minimum absolute atomic E-state index is 0.0582. The average molecular weight is 486 g/mol. The van der Waals surface area contributed by atoms with Gasteiger partial charge in [0.15, 0.2) is 0 Å². The summed E-state index contributed by atoms with van der Waals surface area (Å²) in [6.45, 7) is 5.01. The quantitative estimate of drug-likeness (QED) is 0.529. The van der Waals surface area contributed by atoms with Crippen LogP contribution in [-0.2, 0) is 14.8 Å². The van der Waals surface area contributed by atoms with Gasteiger partial charge in [-0.05, 0) is 55.8 Å². The number of sulfonamides is 1. The normalized spacial score (nSPS) is 14.9. The molecule has 0 bridgehead atoms. The number of hydrogen-bond donors (Lipinski definition) is 2. The lowest BCUT2D eigenvalue weighted by atomic mass is 10.2. The first-order valence-electron chi connectivity index (χ1n) is 10.0. The molecule has 1 aliphatic heterocycles. The van der Waals surface area contributed by atoms with Crippen molar-refractivity contribution in [2.24, 2.45) is 0 Å². The molecule has 7 nitrogen and oxygen atoms in total. The highest BCUT2D eigenvalue weighted by molar-refractivity contribution is 7.92. The van der Waals surface area contributed by atoms with E-state index in [0.29, 0.717) is 12.1 Å². The molecule has 2 aromatic carbocycles. The van der Waals surface area contributed by atoms with Gasteiger partial charge in [0.25, 0.3) is 15.9 Å². The minimum Gasteiger partial charge on any atom is -0.379 e. The largest absolute Gasteiger partial charge is 0.379 e. The molecule has 10 heteroatoms. The fraction of sp³-hybridized carbons (Fsp3) is 0.381. The SMILES string of the molecule is O=C(NCCCCN1CCOCC1)c1cccc(NS(=O)(=O)c2cc(Cl)ccc2Cl)c1. The van der Waals surface area contributed by atoms with Crippen molar-refractivity contribution in [2.75, 3.05) is 44.1 Å². The Morgan fingerprint density at radius 3 is 2.61 bits per heavy atom. The molecule has 0 spiro atoms. The monoisotopic (exact) mass is 485 g/mol. The van der Waals surface area contributed by atoms with Gasteiger partial charge in [0.05, 0.1) is 18.2 Å². The second-order valence-electron chi connectivity index (χ2n) is 7.18. The Morgan fingerprint density at radius 2 is 1.84 bits per heavy atom. The van der Waals surface area contributed by atoms with Crippen LogP contribution in [0.4, 0.5) is 5.69 Å². The number of anilines is 1. The van der Waals surface area contributed by atoms with E-state index in [1.54, 1.807) is 18.2 Å². The maximum Gasteiger partial charge on any atom is 0.263 e. The molecule has 1 saturated heterocycles. The Bertz CT molecular complexity index is 1010. The second kappa shape index (κ2) is 11.2. The number of halogens is 2. The number of rotatable bonds is 9. The highest BCUT2D eigenvalue weighted by Gasteiger charge is 2.19. The fourth-order valence-electron chi connectivity index (χ4n) is 3.21. The predicted molar refractivity (Wildman–Crippen MR) is 123 cm³/mol. The smallest absolute Gasteiger partial charge is 0.263 e. The lowest BCUT2D eigenvalue weighted by Gasteiger charge is -2.26. The topological polar surface area (TPSA) is 87.7 Å². The molecule has 0 aromatic heterocycles. The summed E-state index contributed by atoms with van der Waals surface area (Å²) >= 11 is 11.9. The number of hydrogen-bond acceptors (Lipinski definition) is 5. The van der Waals surface area contributed by atoms with Crippen LogP contribution in [0.3, 0.4) is 0 Å². The van der Waals surface area contributed by atoms with Crippen LogP contribution in [0.5, 0.6) is 0 Å². The summed E-state index contributed by atoms with van der Waals surface area (Å²) < 4.78 is 33.1. The summed E-state index contributed by atoms with van der Waals surface area (Å²) in [5.74, 6) is -0.256. The molecule has 1 heterocycles. The molecule has 1 amide bonds. The van der Waals surface area contributed by atoms with E-state index in [-0.39, 0.29) is 26.5 Å². The Hall–Kier alpha value is -1.84. The number of morpholine rings is 1. The molecule has 0 unspecified atom stereocenters. The van der Waals surface area contributed by atoms with Crippen LogP contribution < -0.4 is 10.0 Å². The van der Waals surface area contributed by atoms with Gasteiger partial charge in [0, 0.05) is 35.9 Å². The predicted octanol–water partition coefficient (Wildman–Crippen LogP) is 3.64. The van der Waals surface area contributed by atoms with E-state index in [9.17, 15) is 13.2 Å². The van der Waals surface area contributed by atoms with Crippen LogP contribution in [-0.4, -0.2) is 58.6 Å². The summed E-state index contributed by atoms with van der Waals surface area (Å²) in [5.41, 5.74) is 0.626. The summed E-state index contributed by atoms with van der Waals surface area (Å²) in [7, 11) is -3.96. The molecule has 1 fully saturated rings. The molecule has 0 atom stereocenters. The third-order valence-corrected chi connectivity index (χ3v) is 6.95. The van der Waals surface area contributed by atoms with Gasteiger partial charge in [-0.25, -0.2) is 8.42 Å². The van der Waals surface area contributed by atoms with Crippen LogP contribution in [0.15, 0.2) is 47.4 Å². The minimum atomic E-state index is -3.96. The molecule has 2 N–H and O–H groups in total. The van der Waals surface area contributed by atoms with Gasteiger partial charge in [-0.1, -0.05) is 29.3 Å². The Morgan fingerprint density at radius 1 is 1.06 bits per heavy atom. The standard InChI is InChI=1S/C21H25Cl2N3O4S/c22-17-6-7-19(23)20(15-17)31(28,29)25-18-5-3-4-16(14-18)21(27)24-8-1-2-9-26-10-12-30-13-11-26/h3-7,14-15,25H,1-2,8-13H2,(H,24,27). The molecule has 1 aliphatic rings. The highest BCUT2D eigenvalue weighted by atomic mass is 35.5. The van der Waals surface area contributed by atoms with Gasteiger partial charge in [-0.2, -0.15) is 0 Å². The number of nitrogens with zero attached hydrogens (tertiary/aromatic N) is 1. The zero-order valence-electron chi connectivity index (χ0n) is 16.9. The first-order chi connectivity index (χ1) is 14.8. The van der Waals surface area contributed by atoms with E-state index in [1.807, 2.05) is 0 Å². The van der Waals surface area contributed by atoms with Crippen molar-refractivity contribution in [3.8, 4) is 0 Å². The van der Waals surface area contributed by atoms with Crippen LogP contribution >= 0.6 is 23.2 Å². The molecule has 2 aromatic rings. The molecule has 0 radical (unpaired) electrons. The van der Waals surface area contributed by atoms with Crippen LogP contribution in [0.2, 0.25) is 10.0 Å². The summed E-state index contributed by atoms with van der Waals surface area (Å²) in [5, 5.41) is 3.19. The maximum absolute atomic E-state index is 12.7. The molecule has 3 rings (SSSR count). The van der Waals surface area contributed by atoms with Crippen LogP contribution in [0.1, 0.15) is 23.2 Å². The van der Waals surface area contributed by atoms with Gasteiger partial charge in [-0.15, -0.1) is 0 Å². The lowest BCUT2D eigenvalue weighted by molar-refractivity contribution is 0.0372. The summed E-state index contributed by atoms with van der Waals surface area (Å²) in [4.78, 5) is 14.7. The summed E-state index contributed by atoms with van der Waals surface area (Å²) in [6.07, 6.45) is 1.85. The highest BCUT2D eigenvalue weighted by Crippen LogP contribution is 2.27. The van der Waals surface area contributed by atoms with E-state index < -0.39 is 10.0 Å².